The van der Waals surface area contributed by atoms with E-state index in [0.717, 1.165) is 68.8 Å². The zero-order valence-electron chi connectivity index (χ0n) is 15.3. The number of ether oxygens (including phenoxy) is 1. The van der Waals surface area contributed by atoms with Crippen LogP contribution in [0.3, 0.4) is 0 Å². The Morgan fingerprint density at radius 3 is 2.68 bits per heavy atom. The van der Waals surface area contributed by atoms with E-state index in [1.165, 1.54) is 5.01 Å². The third-order valence-corrected chi connectivity index (χ3v) is 5.37. The highest BCUT2D eigenvalue weighted by Gasteiger charge is 2.15. The molecule has 6 nitrogen and oxygen atoms in total. The summed E-state index contributed by atoms with van der Waals surface area (Å²) in [7, 11) is 0. The maximum Gasteiger partial charge on any atom is 0.227 e. The molecule has 1 saturated heterocycles. The van der Waals surface area contributed by atoms with Crippen LogP contribution in [0, 0.1) is 0 Å². The van der Waals surface area contributed by atoms with Crippen LogP contribution in [0.1, 0.15) is 43.1 Å². The van der Waals surface area contributed by atoms with Crippen LogP contribution in [0.2, 0.25) is 0 Å². The molecule has 3 heterocycles. The Bertz CT molecular complexity index is 682. The predicted octanol–water partition coefficient (Wildman–Crippen LogP) is 3.11. The first-order valence-electron chi connectivity index (χ1n) is 9.04. The average molecular weight is 362 g/mol. The van der Waals surface area contributed by atoms with Gasteiger partial charge >= 0.3 is 0 Å². The minimum atomic E-state index is 0.497. The van der Waals surface area contributed by atoms with Gasteiger partial charge in [-0.25, -0.2) is 9.97 Å². The molecule has 0 bridgehead atoms. The Balaban J connectivity index is 1.62. The number of thiazole rings is 1. The Labute approximate surface area is 153 Å². The molecular formula is C18H27N5OS. The summed E-state index contributed by atoms with van der Waals surface area (Å²) in [5.74, 6) is 2.20. The molecule has 0 unspecified atom stereocenters. The van der Waals surface area contributed by atoms with Crippen LogP contribution in [0.5, 0.6) is 0 Å². The number of rotatable bonds is 7. The third kappa shape index (κ3) is 4.89. The largest absolute Gasteiger partial charge is 0.378 e. The van der Waals surface area contributed by atoms with E-state index in [9.17, 15) is 0 Å². The van der Waals surface area contributed by atoms with Gasteiger partial charge in [0.05, 0.1) is 23.9 Å². The summed E-state index contributed by atoms with van der Waals surface area (Å²) in [6.45, 7) is 10.5. The van der Waals surface area contributed by atoms with Crippen molar-refractivity contribution in [3.8, 4) is 0 Å². The fourth-order valence-corrected chi connectivity index (χ4v) is 3.55. The Kier molecular flexibility index (Phi) is 6.20. The number of morpholine rings is 1. The molecule has 136 valence electrons. The van der Waals surface area contributed by atoms with Gasteiger partial charge in [-0.3, -0.25) is 0 Å². The van der Waals surface area contributed by atoms with Crippen LogP contribution in [-0.2, 0) is 17.6 Å². The smallest absolute Gasteiger partial charge is 0.227 e. The molecule has 0 saturated carbocycles. The Morgan fingerprint density at radius 1 is 1.20 bits per heavy atom. The molecule has 0 amide bonds. The van der Waals surface area contributed by atoms with E-state index in [4.69, 9.17) is 9.72 Å². The van der Waals surface area contributed by atoms with Gasteiger partial charge in [-0.2, -0.15) is 4.98 Å². The number of anilines is 2. The van der Waals surface area contributed by atoms with Crippen molar-refractivity contribution in [1.82, 2.24) is 15.0 Å². The second-order valence-electron chi connectivity index (χ2n) is 6.51. The molecule has 2 aromatic rings. The SMILES string of the molecule is CCc1cc(NCCc2csc(C(C)C)n2)nc(N2CCOCC2)n1. The van der Waals surface area contributed by atoms with Gasteiger partial charge in [-0.05, 0) is 6.42 Å². The summed E-state index contributed by atoms with van der Waals surface area (Å²) < 4.78 is 5.42. The number of hydrogen-bond acceptors (Lipinski definition) is 7. The molecule has 3 rings (SSSR count). The second-order valence-corrected chi connectivity index (χ2v) is 7.40. The van der Waals surface area contributed by atoms with E-state index in [-0.39, 0.29) is 0 Å². The van der Waals surface area contributed by atoms with E-state index >= 15 is 0 Å². The summed E-state index contributed by atoms with van der Waals surface area (Å²) in [6, 6.07) is 2.05. The Hall–Kier alpha value is -1.73. The van der Waals surface area contributed by atoms with Crippen molar-refractivity contribution in [3.05, 3.63) is 27.8 Å². The molecule has 1 aliphatic heterocycles. The fraction of sp³-hybridized carbons (Fsp3) is 0.611. The van der Waals surface area contributed by atoms with Crippen LogP contribution in [-0.4, -0.2) is 47.8 Å². The quantitative estimate of drug-likeness (QED) is 0.817. The first kappa shape index (κ1) is 18.1. The molecule has 0 aliphatic carbocycles. The lowest BCUT2D eigenvalue weighted by Gasteiger charge is -2.27. The van der Waals surface area contributed by atoms with Gasteiger partial charge in [0.2, 0.25) is 5.95 Å². The standard InChI is InChI=1S/C18H27N5OS/c1-4-14-11-16(22-18(21-14)23-7-9-24-10-8-23)19-6-5-15-12-25-17(20-15)13(2)3/h11-13H,4-10H2,1-3H3,(H,19,21,22). The maximum atomic E-state index is 5.42. The molecule has 1 N–H and O–H groups in total. The van der Waals surface area contributed by atoms with Crippen LogP contribution in [0.4, 0.5) is 11.8 Å². The third-order valence-electron chi connectivity index (χ3n) is 4.17. The van der Waals surface area contributed by atoms with Gasteiger partial charge < -0.3 is 15.0 Å². The van der Waals surface area contributed by atoms with Gasteiger partial charge in [-0.1, -0.05) is 20.8 Å². The molecule has 1 aliphatic rings. The van der Waals surface area contributed by atoms with E-state index in [0.29, 0.717) is 5.92 Å². The van der Waals surface area contributed by atoms with Crippen molar-refractivity contribution in [2.24, 2.45) is 0 Å². The lowest BCUT2D eigenvalue weighted by molar-refractivity contribution is 0.122. The number of aryl methyl sites for hydroxylation is 1. The summed E-state index contributed by atoms with van der Waals surface area (Å²) in [6.07, 6.45) is 1.81. The van der Waals surface area contributed by atoms with Crippen molar-refractivity contribution >= 4 is 23.1 Å². The molecule has 0 spiro atoms. The minimum absolute atomic E-state index is 0.497. The molecule has 25 heavy (non-hydrogen) atoms. The van der Waals surface area contributed by atoms with E-state index in [1.54, 1.807) is 11.3 Å². The molecule has 0 radical (unpaired) electrons. The zero-order chi connectivity index (χ0) is 17.6. The summed E-state index contributed by atoms with van der Waals surface area (Å²) in [5, 5.41) is 6.81. The van der Waals surface area contributed by atoms with Crippen molar-refractivity contribution in [2.45, 2.75) is 39.5 Å². The lowest BCUT2D eigenvalue weighted by atomic mass is 10.2. The number of nitrogens with one attached hydrogen (secondary N) is 1. The second kappa shape index (κ2) is 8.58. The van der Waals surface area contributed by atoms with Crippen LogP contribution < -0.4 is 10.2 Å². The van der Waals surface area contributed by atoms with Gasteiger partial charge in [0.1, 0.15) is 5.82 Å². The molecule has 0 aromatic carbocycles. The summed E-state index contributed by atoms with van der Waals surface area (Å²) in [5.41, 5.74) is 2.22. The van der Waals surface area contributed by atoms with Crippen LogP contribution in [0.15, 0.2) is 11.4 Å². The fourth-order valence-electron chi connectivity index (χ4n) is 2.68. The average Bonchev–Trinajstić information content (AvgIpc) is 3.11. The van der Waals surface area contributed by atoms with Crippen LogP contribution in [0.25, 0.3) is 0 Å². The molecule has 0 atom stereocenters. The highest BCUT2D eigenvalue weighted by atomic mass is 32.1. The number of hydrogen-bond donors (Lipinski definition) is 1. The molecule has 1 fully saturated rings. The highest BCUT2D eigenvalue weighted by molar-refractivity contribution is 7.09. The minimum Gasteiger partial charge on any atom is -0.378 e. The molecular weight excluding hydrogens is 334 g/mol. The normalized spacial score (nSPS) is 15.0. The highest BCUT2D eigenvalue weighted by Crippen LogP contribution is 2.20. The van der Waals surface area contributed by atoms with E-state index in [1.807, 2.05) is 6.07 Å². The Morgan fingerprint density at radius 2 is 2.00 bits per heavy atom. The van der Waals surface area contributed by atoms with Gasteiger partial charge in [0.15, 0.2) is 0 Å². The van der Waals surface area contributed by atoms with E-state index < -0.39 is 0 Å². The van der Waals surface area contributed by atoms with Crippen LogP contribution >= 0.6 is 11.3 Å². The van der Waals surface area contributed by atoms with E-state index in [2.05, 4.69) is 46.3 Å². The zero-order valence-corrected chi connectivity index (χ0v) is 16.1. The number of aromatic nitrogens is 3. The first-order chi connectivity index (χ1) is 12.2. The van der Waals surface area contributed by atoms with Crippen molar-refractivity contribution in [2.75, 3.05) is 43.1 Å². The predicted molar refractivity (Wildman–Crippen MR) is 103 cm³/mol. The van der Waals surface area contributed by atoms with Gasteiger partial charge in [0, 0.05) is 49.1 Å². The molecule has 7 heteroatoms. The first-order valence-corrected chi connectivity index (χ1v) is 9.92. The maximum absolute atomic E-state index is 5.42. The van der Waals surface area contributed by atoms with Crippen molar-refractivity contribution in [3.63, 3.8) is 0 Å². The lowest BCUT2D eigenvalue weighted by Crippen LogP contribution is -2.37. The van der Waals surface area contributed by atoms with Crippen molar-refractivity contribution in [1.29, 1.82) is 0 Å². The summed E-state index contributed by atoms with van der Waals surface area (Å²) >= 11 is 1.75. The van der Waals surface area contributed by atoms with Gasteiger partial charge in [-0.15, -0.1) is 11.3 Å². The van der Waals surface area contributed by atoms with Gasteiger partial charge in [0.25, 0.3) is 0 Å². The summed E-state index contributed by atoms with van der Waals surface area (Å²) in [4.78, 5) is 16.3. The monoisotopic (exact) mass is 361 g/mol. The van der Waals surface area contributed by atoms with Crippen molar-refractivity contribution < 1.29 is 4.74 Å². The molecule has 2 aromatic heterocycles. The number of nitrogens with zero attached hydrogens (tertiary/aromatic N) is 4. The topological polar surface area (TPSA) is 63.2 Å².